The zero-order valence-electron chi connectivity index (χ0n) is 9.93. The Labute approximate surface area is 99.7 Å². The molecule has 0 unspecified atom stereocenters. The fourth-order valence-corrected chi connectivity index (χ4v) is 1.57. The van der Waals surface area contributed by atoms with Crippen molar-refractivity contribution in [1.29, 1.82) is 0 Å². The van der Waals surface area contributed by atoms with Crippen LogP contribution in [0.25, 0.3) is 11.4 Å². The first-order chi connectivity index (χ1) is 8.16. The molecule has 88 valence electrons. The van der Waals surface area contributed by atoms with Crippen LogP contribution in [0.2, 0.25) is 0 Å². The summed E-state index contributed by atoms with van der Waals surface area (Å²) in [4.78, 5) is 15.1. The van der Waals surface area contributed by atoms with Crippen molar-refractivity contribution in [2.24, 2.45) is 0 Å². The van der Waals surface area contributed by atoms with Crippen molar-refractivity contribution in [2.45, 2.75) is 26.7 Å². The molecule has 0 aliphatic rings. The van der Waals surface area contributed by atoms with Gasteiger partial charge in [0, 0.05) is 18.4 Å². The highest BCUT2D eigenvalue weighted by molar-refractivity contribution is 5.75. The molecule has 0 saturated carbocycles. The van der Waals surface area contributed by atoms with Gasteiger partial charge in [-0.2, -0.15) is 4.98 Å². The summed E-state index contributed by atoms with van der Waals surface area (Å²) in [6.45, 7) is 3.56. The Morgan fingerprint density at radius 1 is 1.35 bits per heavy atom. The zero-order valence-corrected chi connectivity index (χ0v) is 9.93. The number of hydrogen-bond donors (Lipinski definition) is 0. The maximum Gasteiger partial charge on any atom is 0.227 e. The summed E-state index contributed by atoms with van der Waals surface area (Å²) in [5.74, 6) is 1.22. The largest absolute Gasteiger partial charge is 0.339 e. The van der Waals surface area contributed by atoms with Gasteiger partial charge in [0.25, 0.3) is 0 Å². The topological polar surface area (TPSA) is 56.0 Å². The molecule has 1 aromatic heterocycles. The lowest BCUT2D eigenvalue weighted by Crippen LogP contribution is -1.94. The van der Waals surface area contributed by atoms with E-state index in [1.807, 2.05) is 31.2 Å². The minimum Gasteiger partial charge on any atom is -0.339 e. The van der Waals surface area contributed by atoms with Crippen molar-refractivity contribution in [3.8, 4) is 11.4 Å². The Kier molecular flexibility index (Phi) is 3.32. The average molecular weight is 230 g/mol. The number of Topliss-reactive ketones (excluding diaryl/α,β-unsaturated/α-hetero) is 1. The number of benzene rings is 1. The second kappa shape index (κ2) is 4.91. The Hall–Kier alpha value is -1.97. The van der Waals surface area contributed by atoms with E-state index in [2.05, 4.69) is 10.1 Å². The monoisotopic (exact) mass is 230 g/mol. The minimum atomic E-state index is 0.126. The van der Waals surface area contributed by atoms with E-state index in [0.717, 1.165) is 11.1 Å². The summed E-state index contributed by atoms with van der Waals surface area (Å²) in [7, 11) is 0. The maximum absolute atomic E-state index is 10.9. The van der Waals surface area contributed by atoms with E-state index in [4.69, 9.17) is 4.52 Å². The van der Waals surface area contributed by atoms with Crippen LogP contribution in [0.3, 0.4) is 0 Å². The number of carbonyl (C=O) groups is 1. The highest BCUT2D eigenvalue weighted by Gasteiger charge is 2.10. The van der Waals surface area contributed by atoms with Gasteiger partial charge in [0.05, 0.1) is 0 Å². The summed E-state index contributed by atoms with van der Waals surface area (Å²) in [6.07, 6.45) is 0.948. The van der Waals surface area contributed by atoms with Crippen molar-refractivity contribution in [2.75, 3.05) is 0 Å². The van der Waals surface area contributed by atoms with Crippen LogP contribution >= 0.6 is 0 Å². The number of aryl methyl sites for hydroxylation is 2. The smallest absolute Gasteiger partial charge is 0.227 e. The quantitative estimate of drug-likeness (QED) is 0.810. The molecule has 1 heterocycles. The summed E-state index contributed by atoms with van der Waals surface area (Å²) < 4.78 is 5.11. The third-order valence-corrected chi connectivity index (χ3v) is 2.54. The van der Waals surface area contributed by atoms with Crippen LogP contribution in [-0.4, -0.2) is 15.9 Å². The zero-order chi connectivity index (χ0) is 12.3. The molecule has 17 heavy (non-hydrogen) atoms. The van der Waals surface area contributed by atoms with Gasteiger partial charge in [0.15, 0.2) is 0 Å². The van der Waals surface area contributed by atoms with Crippen LogP contribution in [-0.2, 0) is 11.2 Å². The van der Waals surface area contributed by atoms with E-state index < -0.39 is 0 Å². The third kappa shape index (κ3) is 2.78. The van der Waals surface area contributed by atoms with Gasteiger partial charge in [-0.3, -0.25) is 0 Å². The highest BCUT2D eigenvalue weighted by Crippen LogP contribution is 2.19. The molecule has 0 bridgehead atoms. The van der Waals surface area contributed by atoms with Gasteiger partial charge < -0.3 is 9.32 Å². The van der Waals surface area contributed by atoms with E-state index in [1.54, 1.807) is 6.92 Å². The van der Waals surface area contributed by atoms with Gasteiger partial charge in [0.2, 0.25) is 11.7 Å². The molecule has 2 rings (SSSR count). The Morgan fingerprint density at radius 3 is 2.82 bits per heavy atom. The molecule has 4 nitrogen and oxygen atoms in total. The second-order valence-corrected chi connectivity index (χ2v) is 4.03. The molecular formula is C13H14N2O2. The van der Waals surface area contributed by atoms with Gasteiger partial charge in [-0.25, -0.2) is 0 Å². The van der Waals surface area contributed by atoms with E-state index in [-0.39, 0.29) is 5.78 Å². The lowest BCUT2D eigenvalue weighted by Gasteiger charge is -1.97. The number of rotatable bonds is 4. The summed E-state index contributed by atoms with van der Waals surface area (Å²) in [5, 5.41) is 3.93. The number of aromatic nitrogens is 2. The molecule has 4 heteroatoms. The molecule has 0 aliphatic heterocycles. The minimum absolute atomic E-state index is 0.126. The maximum atomic E-state index is 10.9. The summed E-state index contributed by atoms with van der Waals surface area (Å²) in [6, 6.07) is 7.86. The van der Waals surface area contributed by atoms with Gasteiger partial charge >= 0.3 is 0 Å². The normalized spacial score (nSPS) is 10.5. The predicted octanol–water partition coefficient (Wildman–Crippen LogP) is 2.57. The number of carbonyl (C=O) groups excluding carboxylic acids is 1. The Morgan fingerprint density at radius 2 is 2.12 bits per heavy atom. The van der Waals surface area contributed by atoms with E-state index >= 15 is 0 Å². The SMILES string of the molecule is CC(=O)CCc1nc(-c2ccccc2C)no1. The number of ketones is 1. The Bertz CT molecular complexity index is 532. The van der Waals surface area contributed by atoms with E-state index in [0.29, 0.717) is 24.6 Å². The van der Waals surface area contributed by atoms with Crippen LogP contribution in [0.15, 0.2) is 28.8 Å². The van der Waals surface area contributed by atoms with Gasteiger partial charge in [-0.15, -0.1) is 0 Å². The lowest BCUT2D eigenvalue weighted by atomic mass is 10.1. The van der Waals surface area contributed by atoms with Crippen molar-refractivity contribution < 1.29 is 9.32 Å². The van der Waals surface area contributed by atoms with Crippen molar-refractivity contribution in [1.82, 2.24) is 10.1 Å². The van der Waals surface area contributed by atoms with Crippen molar-refractivity contribution in [3.05, 3.63) is 35.7 Å². The molecule has 0 atom stereocenters. The van der Waals surface area contributed by atoms with Gasteiger partial charge in [-0.1, -0.05) is 29.4 Å². The van der Waals surface area contributed by atoms with Crippen molar-refractivity contribution in [3.63, 3.8) is 0 Å². The summed E-state index contributed by atoms with van der Waals surface area (Å²) in [5.41, 5.74) is 2.07. The molecular weight excluding hydrogens is 216 g/mol. The van der Waals surface area contributed by atoms with Crippen LogP contribution in [0.5, 0.6) is 0 Å². The molecule has 0 spiro atoms. The fourth-order valence-electron chi connectivity index (χ4n) is 1.57. The fraction of sp³-hybridized carbons (Fsp3) is 0.308. The third-order valence-electron chi connectivity index (χ3n) is 2.54. The molecule has 2 aromatic rings. The first-order valence-electron chi connectivity index (χ1n) is 5.55. The van der Waals surface area contributed by atoms with E-state index in [1.165, 1.54) is 0 Å². The van der Waals surface area contributed by atoms with Crippen LogP contribution in [0.1, 0.15) is 24.8 Å². The van der Waals surface area contributed by atoms with Crippen LogP contribution in [0, 0.1) is 6.92 Å². The molecule has 0 radical (unpaired) electrons. The highest BCUT2D eigenvalue weighted by atomic mass is 16.5. The second-order valence-electron chi connectivity index (χ2n) is 4.03. The average Bonchev–Trinajstić information content (AvgIpc) is 2.75. The summed E-state index contributed by atoms with van der Waals surface area (Å²) >= 11 is 0. The van der Waals surface area contributed by atoms with Gasteiger partial charge in [-0.05, 0) is 19.4 Å². The standard InChI is InChI=1S/C13H14N2O2/c1-9-5-3-4-6-11(9)13-14-12(17-15-13)8-7-10(2)16/h3-6H,7-8H2,1-2H3. The molecule has 0 N–H and O–H groups in total. The number of nitrogens with zero attached hydrogens (tertiary/aromatic N) is 2. The van der Waals surface area contributed by atoms with Crippen LogP contribution < -0.4 is 0 Å². The number of hydrogen-bond acceptors (Lipinski definition) is 4. The molecule has 0 fully saturated rings. The van der Waals surface area contributed by atoms with Gasteiger partial charge in [0.1, 0.15) is 5.78 Å². The predicted molar refractivity (Wildman–Crippen MR) is 63.5 cm³/mol. The Balaban J connectivity index is 2.18. The molecule has 1 aromatic carbocycles. The first kappa shape index (κ1) is 11.5. The van der Waals surface area contributed by atoms with Crippen molar-refractivity contribution >= 4 is 5.78 Å². The first-order valence-corrected chi connectivity index (χ1v) is 5.55. The molecule has 0 aliphatic carbocycles. The molecule has 0 amide bonds. The van der Waals surface area contributed by atoms with E-state index in [9.17, 15) is 4.79 Å². The lowest BCUT2D eigenvalue weighted by molar-refractivity contribution is -0.117. The van der Waals surface area contributed by atoms with Crippen LogP contribution in [0.4, 0.5) is 0 Å². The molecule has 0 saturated heterocycles.